The number of ether oxygens (including phenoxy) is 1. The third kappa shape index (κ3) is 4.49. The van der Waals surface area contributed by atoms with Crippen molar-refractivity contribution in [2.24, 2.45) is 0 Å². The molecule has 2 saturated heterocycles. The van der Waals surface area contributed by atoms with Crippen molar-refractivity contribution in [2.45, 2.75) is 37.3 Å². The summed E-state index contributed by atoms with van der Waals surface area (Å²) in [6.45, 7) is 7.50. The molecule has 5 nitrogen and oxygen atoms in total. The van der Waals surface area contributed by atoms with Crippen LogP contribution in [0.3, 0.4) is 0 Å². The highest BCUT2D eigenvalue weighted by atomic mass is 32.2. The number of carbonyl (C=O) groups is 1. The Balaban J connectivity index is 1.65. The Morgan fingerprint density at radius 1 is 1.29 bits per heavy atom. The lowest BCUT2D eigenvalue weighted by Crippen LogP contribution is -2.51. The lowest BCUT2D eigenvalue weighted by Gasteiger charge is -2.39. The first kappa shape index (κ1) is 17.7. The standard InChI is InChI=1S/C18H27N3O2S/c1-2-24-17-7-6-15(13-19-17)18(22)21-8-4-3-5-16(21)14-20-9-11-23-12-10-20/h6-7,13,16H,2-5,8-12,14H2,1H3/t16-/m0/s1. The highest BCUT2D eigenvalue weighted by molar-refractivity contribution is 7.99. The summed E-state index contributed by atoms with van der Waals surface area (Å²) in [7, 11) is 0. The number of amides is 1. The number of nitrogens with zero attached hydrogens (tertiary/aromatic N) is 3. The number of carbonyl (C=O) groups excluding carboxylic acids is 1. The molecule has 0 aromatic carbocycles. The van der Waals surface area contributed by atoms with Crippen LogP contribution in [0.5, 0.6) is 0 Å². The molecule has 2 fully saturated rings. The van der Waals surface area contributed by atoms with Gasteiger partial charge in [0.25, 0.3) is 5.91 Å². The van der Waals surface area contributed by atoms with E-state index in [0.29, 0.717) is 11.6 Å². The van der Waals surface area contributed by atoms with Gasteiger partial charge in [0.15, 0.2) is 0 Å². The predicted molar refractivity (Wildman–Crippen MR) is 96.6 cm³/mol. The molecule has 3 rings (SSSR count). The molecule has 24 heavy (non-hydrogen) atoms. The van der Waals surface area contributed by atoms with Crippen LogP contribution in [0.2, 0.25) is 0 Å². The lowest BCUT2D eigenvalue weighted by atomic mass is 10.0. The highest BCUT2D eigenvalue weighted by Crippen LogP contribution is 2.22. The first-order valence-corrected chi connectivity index (χ1v) is 9.96. The number of hydrogen-bond donors (Lipinski definition) is 0. The molecule has 0 N–H and O–H groups in total. The van der Waals surface area contributed by atoms with Gasteiger partial charge in [0, 0.05) is 38.4 Å². The molecule has 132 valence electrons. The molecule has 2 aliphatic heterocycles. The van der Waals surface area contributed by atoms with Crippen LogP contribution in [-0.2, 0) is 4.74 Å². The van der Waals surface area contributed by atoms with Gasteiger partial charge in [0.05, 0.1) is 23.8 Å². The van der Waals surface area contributed by atoms with Gasteiger partial charge in [-0.15, -0.1) is 11.8 Å². The second-order valence-electron chi connectivity index (χ2n) is 6.38. The van der Waals surface area contributed by atoms with Gasteiger partial charge in [0.2, 0.25) is 0 Å². The zero-order valence-corrected chi connectivity index (χ0v) is 15.3. The maximum absolute atomic E-state index is 13.0. The topological polar surface area (TPSA) is 45.7 Å². The minimum atomic E-state index is 0.133. The van der Waals surface area contributed by atoms with Gasteiger partial charge in [0.1, 0.15) is 0 Å². The van der Waals surface area contributed by atoms with E-state index in [9.17, 15) is 4.79 Å². The number of pyridine rings is 1. The van der Waals surface area contributed by atoms with Crippen molar-refractivity contribution in [3.8, 4) is 0 Å². The number of thioether (sulfide) groups is 1. The highest BCUT2D eigenvalue weighted by Gasteiger charge is 2.29. The van der Waals surface area contributed by atoms with E-state index in [0.717, 1.165) is 63.0 Å². The van der Waals surface area contributed by atoms with Gasteiger partial charge in [-0.05, 0) is 37.1 Å². The molecule has 1 amide bonds. The maximum atomic E-state index is 13.0. The summed E-state index contributed by atoms with van der Waals surface area (Å²) in [6, 6.07) is 4.20. The van der Waals surface area contributed by atoms with Gasteiger partial charge < -0.3 is 9.64 Å². The van der Waals surface area contributed by atoms with Crippen LogP contribution in [0.1, 0.15) is 36.5 Å². The summed E-state index contributed by atoms with van der Waals surface area (Å²) < 4.78 is 5.43. The Kier molecular flexibility index (Phi) is 6.51. The second-order valence-corrected chi connectivity index (χ2v) is 7.66. The van der Waals surface area contributed by atoms with E-state index < -0.39 is 0 Å². The quantitative estimate of drug-likeness (QED) is 0.765. The predicted octanol–water partition coefficient (Wildman–Crippen LogP) is 2.52. The van der Waals surface area contributed by atoms with Crippen molar-refractivity contribution >= 4 is 17.7 Å². The lowest BCUT2D eigenvalue weighted by molar-refractivity contribution is 0.0166. The third-order valence-electron chi connectivity index (χ3n) is 4.74. The SMILES string of the molecule is CCSc1ccc(C(=O)N2CCCC[C@H]2CN2CCOCC2)cn1. The third-order valence-corrected chi connectivity index (χ3v) is 5.56. The summed E-state index contributed by atoms with van der Waals surface area (Å²) in [5.41, 5.74) is 0.712. The van der Waals surface area contributed by atoms with Crippen molar-refractivity contribution < 1.29 is 9.53 Å². The van der Waals surface area contributed by atoms with Gasteiger partial charge in [-0.3, -0.25) is 9.69 Å². The maximum Gasteiger partial charge on any atom is 0.255 e. The average molecular weight is 350 g/mol. The molecule has 0 spiro atoms. The molecule has 0 bridgehead atoms. The summed E-state index contributed by atoms with van der Waals surface area (Å²) >= 11 is 1.70. The fourth-order valence-corrected chi connectivity index (χ4v) is 4.03. The summed E-state index contributed by atoms with van der Waals surface area (Å²) in [5.74, 6) is 1.13. The first-order valence-electron chi connectivity index (χ1n) is 8.98. The van der Waals surface area contributed by atoms with E-state index in [1.54, 1.807) is 18.0 Å². The Morgan fingerprint density at radius 2 is 2.12 bits per heavy atom. The number of aromatic nitrogens is 1. The molecule has 1 atom stereocenters. The van der Waals surface area contributed by atoms with Crippen molar-refractivity contribution in [3.63, 3.8) is 0 Å². The van der Waals surface area contributed by atoms with E-state index in [4.69, 9.17) is 4.74 Å². The Bertz CT molecular complexity index is 532. The van der Waals surface area contributed by atoms with E-state index in [1.807, 2.05) is 12.1 Å². The van der Waals surface area contributed by atoms with Crippen LogP contribution >= 0.6 is 11.8 Å². The van der Waals surface area contributed by atoms with Gasteiger partial charge in [-0.1, -0.05) is 6.92 Å². The van der Waals surface area contributed by atoms with Crippen molar-refractivity contribution in [3.05, 3.63) is 23.9 Å². The first-order chi connectivity index (χ1) is 11.8. The summed E-state index contributed by atoms with van der Waals surface area (Å²) in [4.78, 5) is 21.9. The zero-order valence-electron chi connectivity index (χ0n) is 14.4. The van der Waals surface area contributed by atoms with Crippen LogP contribution in [0.15, 0.2) is 23.4 Å². The Hall–Kier alpha value is -1.11. The van der Waals surface area contributed by atoms with E-state index >= 15 is 0 Å². The number of morpholine rings is 1. The summed E-state index contributed by atoms with van der Waals surface area (Å²) in [6.07, 6.45) is 5.15. The fraction of sp³-hybridized carbons (Fsp3) is 0.667. The average Bonchev–Trinajstić information content (AvgIpc) is 2.63. The molecule has 2 aliphatic rings. The van der Waals surface area contributed by atoms with Crippen LogP contribution in [-0.4, -0.2) is 71.9 Å². The molecule has 1 aromatic heterocycles. The largest absolute Gasteiger partial charge is 0.379 e. The molecule has 0 radical (unpaired) electrons. The molecular weight excluding hydrogens is 322 g/mol. The minimum absolute atomic E-state index is 0.133. The molecule has 6 heteroatoms. The molecule has 3 heterocycles. The van der Waals surface area contributed by atoms with Crippen molar-refractivity contribution in [1.29, 1.82) is 0 Å². The second kappa shape index (κ2) is 8.83. The Morgan fingerprint density at radius 3 is 2.83 bits per heavy atom. The van der Waals surface area contributed by atoms with Gasteiger partial charge in [-0.2, -0.15) is 0 Å². The number of likely N-dealkylation sites (tertiary alicyclic amines) is 1. The van der Waals surface area contributed by atoms with Crippen LogP contribution in [0, 0.1) is 0 Å². The molecule has 0 aliphatic carbocycles. The number of piperidine rings is 1. The molecule has 0 saturated carbocycles. The van der Waals surface area contributed by atoms with Crippen LogP contribution in [0.25, 0.3) is 0 Å². The molecular formula is C18H27N3O2S. The van der Waals surface area contributed by atoms with E-state index in [2.05, 4.69) is 21.7 Å². The Labute approximate surface area is 148 Å². The number of rotatable bonds is 5. The van der Waals surface area contributed by atoms with Crippen LogP contribution < -0.4 is 0 Å². The molecule has 0 unspecified atom stereocenters. The zero-order chi connectivity index (χ0) is 16.8. The summed E-state index contributed by atoms with van der Waals surface area (Å²) in [5, 5.41) is 0.984. The van der Waals surface area contributed by atoms with E-state index in [-0.39, 0.29) is 5.91 Å². The van der Waals surface area contributed by atoms with Crippen molar-refractivity contribution in [2.75, 3.05) is 45.1 Å². The van der Waals surface area contributed by atoms with E-state index in [1.165, 1.54) is 6.42 Å². The molecule has 1 aromatic rings. The van der Waals surface area contributed by atoms with Crippen LogP contribution in [0.4, 0.5) is 0 Å². The smallest absolute Gasteiger partial charge is 0.255 e. The van der Waals surface area contributed by atoms with Crippen molar-refractivity contribution in [1.82, 2.24) is 14.8 Å². The van der Waals surface area contributed by atoms with Gasteiger partial charge in [-0.25, -0.2) is 4.98 Å². The minimum Gasteiger partial charge on any atom is -0.379 e. The van der Waals surface area contributed by atoms with Gasteiger partial charge >= 0.3 is 0 Å². The fourth-order valence-electron chi connectivity index (χ4n) is 3.45. The monoisotopic (exact) mass is 349 g/mol. The normalized spacial score (nSPS) is 22.5. The number of hydrogen-bond acceptors (Lipinski definition) is 5.